The van der Waals surface area contributed by atoms with E-state index in [1.54, 1.807) is 19.1 Å². The largest absolute Gasteiger partial charge is 0.490 e. The molecule has 0 aromatic heterocycles. The van der Waals surface area contributed by atoms with E-state index in [0.29, 0.717) is 34.2 Å². The summed E-state index contributed by atoms with van der Waals surface area (Å²) in [6.45, 7) is 1.20. The Kier molecular flexibility index (Phi) is 9.35. The van der Waals surface area contributed by atoms with Crippen LogP contribution in [-0.2, 0) is 19.1 Å². The molecule has 0 bridgehead atoms. The molecule has 9 nitrogen and oxygen atoms in total. The van der Waals surface area contributed by atoms with Crippen LogP contribution in [0.5, 0.6) is 11.5 Å². The summed E-state index contributed by atoms with van der Waals surface area (Å²) in [7, 11) is 1.24. The zero-order valence-electron chi connectivity index (χ0n) is 18.9. The number of carbonyl (C=O) groups is 4. The summed E-state index contributed by atoms with van der Waals surface area (Å²) >= 11 is 9.74. The average molecular weight is 602 g/mol. The number of carbonyl (C=O) groups excluding carboxylic acids is 4. The Bertz CT molecular complexity index is 1260. The minimum Gasteiger partial charge on any atom is -0.490 e. The van der Waals surface area contributed by atoms with Gasteiger partial charge in [0.05, 0.1) is 28.1 Å². The Morgan fingerprint density at radius 2 is 1.97 bits per heavy atom. The van der Waals surface area contributed by atoms with E-state index in [1.807, 2.05) is 0 Å². The molecule has 0 saturated carbocycles. The number of hydrogen-bond donors (Lipinski definition) is 1. The van der Waals surface area contributed by atoms with Crippen molar-refractivity contribution in [1.82, 2.24) is 4.90 Å². The zero-order valence-corrected chi connectivity index (χ0v) is 22.1. The van der Waals surface area contributed by atoms with Crippen molar-refractivity contribution in [3.05, 3.63) is 56.1 Å². The molecule has 36 heavy (non-hydrogen) atoms. The molecule has 0 aliphatic carbocycles. The van der Waals surface area contributed by atoms with Crippen LogP contribution >= 0.6 is 39.3 Å². The predicted molar refractivity (Wildman–Crippen MR) is 136 cm³/mol. The topological polar surface area (TPSA) is 111 Å². The van der Waals surface area contributed by atoms with E-state index in [1.165, 1.54) is 25.3 Å². The number of thioether (sulfide) groups is 1. The van der Waals surface area contributed by atoms with Crippen LogP contribution in [0.4, 0.5) is 14.9 Å². The molecule has 1 N–H and O–H groups in total. The summed E-state index contributed by atoms with van der Waals surface area (Å²) in [6, 6.07) is 6.81. The number of methoxy groups -OCH3 is 1. The Balaban J connectivity index is 1.76. The molecular formula is C23H19BrClFN2O7S. The van der Waals surface area contributed by atoms with Gasteiger partial charge in [0.25, 0.3) is 11.1 Å². The molecule has 3 rings (SSSR count). The van der Waals surface area contributed by atoms with E-state index in [9.17, 15) is 23.6 Å². The maximum Gasteiger partial charge on any atom is 0.343 e. The van der Waals surface area contributed by atoms with Gasteiger partial charge in [-0.3, -0.25) is 19.3 Å². The van der Waals surface area contributed by atoms with Crippen molar-refractivity contribution < 1.29 is 37.8 Å². The van der Waals surface area contributed by atoms with Crippen LogP contribution in [0.3, 0.4) is 0 Å². The number of anilines is 1. The highest BCUT2D eigenvalue weighted by atomic mass is 79.9. The van der Waals surface area contributed by atoms with Crippen LogP contribution in [0.1, 0.15) is 12.5 Å². The number of rotatable bonds is 9. The maximum atomic E-state index is 13.3. The molecule has 2 aromatic carbocycles. The number of benzene rings is 2. The highest BCUT2D eigenvalue weighted by Gasteiger charge is 2.36. The Labute approximate surface area is 223 Å². The first kappa shape index (κ1) is 27.5. The second-order valence-electron chi connectivity index (χ2n) is 7.07. The Morgan fingerprint density at radius 3 is 2.64 bits per heavy atom. The molecule has 2 aromatic rings. The van der Waals surface area contributed by atoms with E-state index in [-0.39, 0.29) is 28.0 Å². The number of esters is 1. The van der Waals surface area contributed by atoms with E-state index in [0.717, 1.165) is 11.0 Å². The molecule has 1 fully saturated rings. The van der Waals surface area contributed by atoms with Gasteiger partial charge in [0.2, 0.25) is 5.91 Å². The van der Waals surface area contributed by atoms with Crippen molar-refractivity contribution in [3.8, 4) is 11.5 Å². The van der Waals surface area contributed by atoms with Crippen molar-refractivity contribution in [2.24, 2.45) is 0 Å². The van der Waals surface area contributed by atoms with Gasteiger partial charge >= 0.3 is 5.97 Å². The summed E-state index contributed by atoms with van der Waals surface area (Å²) in [5, 5.41) is 1.66. The number of imide groups is 1. The minimum atomic E-state index is -0.658. The van der Waals surface area contributed by atoms with Gasteiger partial charge in [-0.05, 0) is 76.6 Å². The van der Waals surface area contributed by atoms with Crippen molar-refractivity contribution >= 4 is 74.1 Å². The fourth-order valence-electron chi connectivity index (χ4n) is 2.97. The number of nitrogens with one attached hydrogen (secondary N) is 1. The highest BCUT2D eigenvalue weighted by Crippen LogP contribution is 2.39. The molecule has 0 spiro atoms. The number of nitrogens with zero attached hydrogens (tertiary/aromatic N) is 1. The molecule has 1 aliphatic heterocycles. The smallest absolute Gasteiger partial charge is 0.343 e. The first-order valence-corrected chi connectivity index (χ1v) is 12.3. The summed E-state index contributed by atoms with van der Waals surface area (Å²) in [5.41, 5.74) is 0.725. The lowest BCUT2D eigenvalue weighted by molar-refractivity contribution is -0.143. The van der Waals surface area contributed by atoms with E-state index in [2.05, 4.69) is 26.0 Å². The Hall–Kier alpha value is -3.09. The minimum absolute atomic E-state index is 0.0928. The van der Waals surface area contributed by atoms with Crippen LogP contribution in [0.2, 0.25) is 5.02 Å². The molecule has 1 aliphatic rings. The van der Waals surface area contributed by atoms with Gasteiger partial charge in [-0.1, -0.05) is 11.6 Å². The van der Waals surface area contributed by atoms with Gasteiger partial charge in [-0.2, -0.15) is 0 Å². The third kappa shape index (κ3) is 6.77. The van der Waals surface area contributed by atoms with E-state index >= 15 is 0 Å². The standard InChI is InChI=1S/C23H19BrClFN2O7S/c1-3-34-17-7-12(6-14(24)21(17)35-11-20(30)33-2)8-18-22(31)28(23(32)36-18)10-19(29)27-13-4-5-16(26)15(25)9-13/h4-9H,3,10-11H2,1-2H3,(H,27,29)/b18-8-. The third-order valence-corrected chi connectivity index (χ3v) is 6.36. The molecule has 3 amide bonds. The molecule has 0 unspecified atom stereocenters. The van der Waals surface area contributed by atoms with E-state index in [4.69, 9.17) is 21.1 Å². The summed E-state index contributed by atoms with van der Waals surface area (Å²) < 4.78 is 29.4. The van der Waals surface area contributed by atoms with Crippen molar-refractivity contribution in [2.75, 3.05) is 32.2 Å². The van der Waals surface area contributed by atoms with Crippen molar-refractivity contribution in [2.45, 2.75) is 6.92 Å². The van der Waals surface area contributed by atoms with E-state index < -0.39 is 35.4 Å². The normalized spacial score (nSPS) is 14.2. The van der Waals surface area contributed by atoms with Crippen LogP contribution in [-0.4, -0.2) is 54.8 Å². The number of ether oxygens (including phenoxy) is 3. The molecule has 190 valence electrons. The number of amides is 3. The molecule has 13 heteroatoms. The third-order valence-electron chi connectivity index (χ3n) is 4.57. The fourth-order valence-corrected chi connectivity index (χ4v) is 4.56. The van der Waals surface area contributed by atoms with Gasteiger partial charge in [-0.25, -0.2) is 9.18 Å². The predicted octanol–water partition coefficient (Wildman–Crippen LogP) is 4.87. The maximum absolute atomic E-state index is 13.3. The van der Waals surface area contributed by atoms with Crippen LogP contribution in [0.25, 0.3) is 6.08 Å². The van der Waals surface area contributed by atoms with Gasteiger partial charge in [0.1, 0.15) is 12.4 Å². The average Bonchev–Trinajstić information content (AvgIpc) is 3.08. The molecular weight excluding hydrogens is 583 g/mol. The Morgan fingerprint density at radius 1 is 1.22 bits per heavy atom. The molecule has 0 atom stereocenters. The second kappa shape index (κ2) is 12.2. The monoisotopic (exact) mass is 600 g/mol. The van der Waals surface area contributed by atoms with Gasteiger partial charge in [0, 0.05) is 5.69 Å². The summed E-state index contributed by atoms with van der Waals surface area (Å²) in [4.78, 5) is 49.9. The second-order valence-corrected chi connectivity index (χ2v) is 9.33. The molecule has 1 saturated heterocycles. The summed E-state index contributed by atoms with van der Waals surface area (Å²) in [5.74, 6) is -1.96. The number of hydrogen-bond acceptors (Lipinski definition) is 8. The van der Waals surface area contributed by atoms with Crippen LogP contribution < -0.4 is 14.8 Å². The SMILES string of the molecule is CCOc1cc(/C=C2\SC(=O)N(CC(=O)Nc3ccc(F)c(Cl)c3)C2=O)cc(Br)c1OCC(=O)OC. The lowest BCUT2D eigenvalue weighted by Crippen LogP contribution is -2.36. The summed E-state index contributed by atoms with van der Waals surface area (Å²) in [6.07, 6.45) is 1.47. The number of halogens is 3. The molecule has 1 heterocycles. The highest BCUT2D eigenvalue weighted by molar-refractivity contribution is 9.10. The van der Waals surface area contributed by atoms with Crippen LogP contribution in [0, 0.1) is 5.82 Å². The lowest BCUT2D eigenvalue weighted by atomic mass is 10.2. The zero-order chi connectivity index (χ0) is 26.4. The first-order valence-electron chi connectivity index (χ1n) is 10.3. The quantitative estimate of drug-likeness (QED) is 0.320. The van der Waals surface area contributed by atoms with Gasteiger partial charge in [-0.15, -0.1) is 0 Å². The van der Waals surface area contributed by atoms with Crippen molar-refractivity contribution in [3.63, 3.8) is 0 Å². The first-order chi connectivity index (χ1) is 17.1. The van der Waals surface area contributed by atoms with Gasteiger partial charge < -0.3 is 19.5 Å². The van der Waals surface area contributed by atoms with Gasteiger partial charge in [0.15, 0.2) is 18.1 Å². The van der Waals surface area contributed by atoms with Crippen molar-refractivity contribution in [1.29, 1.82) is 0 Å². The fraction of sp³-hybridized carbons (Fsp3) is 0.217. The molecule has 0 radical (unpaired) electrons. The van der Waals surface area contributed by atoms with Crippen LogP contribution in [0.15, 0.2) is 39.7 Å². The lowest BCUT2D eigenvalue weighted by Gasteiger charge is -2.14.